The molecule has 1 N–H and O–H groups in total. The number of hydrogen-bond donors (Lipinski definition) is 1. The zero-order valence-corrected chi connectivity index (χ0v) is 17.2. The molecule has 2 aromatic rings. The number of benzene rings is 2. The lowest BCUT2D eigenvalue weighted by Gasteiger charge is -2.20. The highest BCUT2D eigenvalue weighted by Crippen LogP contribution is 2.33. The van der Waals surface area contributed by atoms with Gasteiger partial charge in [0.2, 0.25) is 5.91 Å². The molecular formula is C19H15ClFN5O3S. The van der Waals surface area contributed by atoms with Crippen LogP contribution in [0, 0.1) is 5.82 Å². The largest absolute Gasteiger partial charge is 0.324 e. The number of halogens is 2. The number of rotatable bonds is 5. The van der Waals surface area contributed by atoms with Crippen molar-refractivity contribution >= 4 is 52.5 Å². The molecule has 8 nitrogen and oxygen atoms in total. The highest BCUT2D eigenvalue weighted by atomic mass is 35.5. The maximum atomic E-state index is 13.4. The van der Waals surface area contributed by atoms with Gasteiger partial charge in [-0.05, 0) is 42.7 Å². The normalized spacial score (nSPS) is 20.1. The first-order chi connectivity index (χ1) is 14.4. The molecule has 154 valence electrons. The van der Waals surface area contributed by atoms with Crippen molar-refractivity contribution in [2.75, 3.05) is 23.0 Å². The van der Waals surface area contributed by atoms with Crippen molar-refractivity contribution in [3.63, 3.8) is 0 Å². The van der Waals surface area contributed by atoms with Gasteiger partial charge in [0.05, 0.1) is 10.7 Å². The van der Waals surface area contributed by atoms with E-state index in [-0.39, 0.29) is 17.3 Å². The Bertz CT molecular complexity index is 1080. The van der Waals surface area contributed by atoms with Crippen molar-refractivity contribution in [3.05, 3.63) is 53.3 Å². The van der Waals surface area contributed by atoms with Gasteiger partial charge in [-0.15, -0.1) is 11.8 Å². The van der Waals surface area contributed by atoms with Crippen LogP contribution in [0.25, 0.3) is 0 Å². The highest BCUT2D eigenvalue weighted by molar-refractivity contribution is 7.98. The van der Waals surface area contributed by atoms with Gasteiger partial charge in [-0.25, -0.2) is 9.29 Å². The van der Waals surface area contributed by atoms with E-state index in [1.54, 1.807) is 17.8 Å². The summed E-state index contributed by atoms with van der Waals surface area (Å²) in [6.07, 6.45) is 1.93. The van der Waals surface area contributed by atoms with Gasteiger partial charge in [0.15, 0.2) is 12.1 Å². The van der Waals surface area contributed by atoms with Crippen molar-refractivity contribution in [2.45, 2.75) is 17.0 Å². The minimum absolute atomic E-state index is 0.138. The van der Waals surface area contributed by atoms with E-state index >= 15 is 0 Å². The fourth-order valence-corrected chi connectivity index (χ4v) is 3.92. The Balaban J connectivity index is 1.49. The molecule has 3 amide bonds. The minimum atomic E-state index is -1.06. The molecule has 2 aliphatic rings. The lowest BCUT2D eigenvalue weighted by Crippen LogP contribution is -2.43. The third-order valence-electron chi connectivity index (χ3n) is 4.68. The molecule has 2 aliphatic heterocycles. The van der Waals surface area contributed by atoms with Gasteiger partial charge >= 0.3 is 0 Å². The van der Waals surface area contributed by atoms with E-state index in [9.17, 15) is 18.8 Å². The fraction of sp³-hybridized carbons (Fsp3) is 0.211. The van der Waals surface area contributed by atoms with Crippen LogP contribution in [0.5, 0.6) is 0 Å². The second-order valence-electron chi connectivity index (χ2n) is 6.58. The standard InChI is InChI=1S/C19H15ClFN5O3S/c1-30-12-4-2-3-10(7-12)22-15(27)9-25-17-16(23-24-25)18(28)26(19(17)29)11-5-6-14(21)13(20)8-11/h2-8,16-17H,9H2,1H3,(H,22,27)/t16-,17+/m0/s1. The summed E-state index contributed by atoms with van der Waals surface area (Å²) in [4.78, 5) is 39.9. The molecule has 11 heteroatoms. The van der Waals surface area contributed by atoms with Crippen LogP contribution in [0.2, 0.25) is 5.02 Å². The Morgan fingerprint density at radius 3 is 2.77 bits per heavy atom. The molecule has 0 spiro atoms. The maximum Gasteiger partial charge on any atom is 0.263 e. The van der Waals surface area contributed by atoms with E-state index in [1.165, 1.54) is 17.1 Å². The van der Waals surface area contributed by atoms with Gasteiger partial charge in [0.25, 0.3) is 11.8 Å². The summed E-state index contributed by atoms with van der Waals surface area (Å²) in [5.74, 6) is -2.28. The molecule has 2 atom stereocenters. The number of nitrogens with one attached hydrogen (secondary N) is 1. The van der Waals surface area contributed by atoms with Crippen LogP contribution in [0.4, 0.5) is 15.8 Å². The average molecular weight is 448 g/mol. The van der Waals surface area contributed by atoms with E-state index in [4.69, 9.17) is 11.6 Å². The summed E-state index contributed by atoms with van der Waals surface area (Å²) in [7, 11) is 0. The summed E-state index contributed by atoms with van der Waals surface area (Å²) in [5, 5.41) is 11.4. The number of imide groups is 1. The van der Waals surface area contributed by atoms with Gasteiger partial charge in [-0.2, -0.15) is 5.11 Å². The first-order valence-corrected chi connectivity index (χ1v) is 10.4. The topological polar surface area (TPSA) is 94.4 Å². The Hall–Kier alpha value is -2.98. The predicted octanol–water partition coefficient (Wildman–Crippen LogP) is 3.13. The Morgan fingerprint density at radius 1 is 1.23 bits per heavy atom. The maximum absolute atomic E-state index is 13.4. The van der Waals surface area contributed by atoms with Gasteiger partial charge < -0.3 is 5.32 Å². The smallest absolute Gasteiger partial charge is 0.263 e. The quantitative estimate of drug-likeness (QED) is 0.561. The van der Waals surface area contributed by atoms with Crippen molar-refractivity contribution in [3.8, 4) is 0 Å². The molecule has 1 fully saturated rings. The summed E-state index contributed by atoms with van der Waals surface area (Å²) in [5.41, 5.74) is 0.746. The highest BCUT2D eigenvalue weighted by Gasteiger charge is 2.55. The molecule has 0 saturated carbocycles. The molecule has 0 unspecified atom stereocenters. The summed E-state index contributed by atoms with van der Waals surface area (Å²) in [6, 6.07) is 8.75. The van der Waals surface area contributed by atoms with Crippen molar-refractivity contribution in [1.29, 1.82) is 0 Å². The van der Waals surface area contributed by atoms with Crippen molar-refractivity contribution in [2.24, 2.45) is 10.3 Å². The van der Waals surface area contributed by atoms with Crippen LogP contribution >= 0.6 is 23.4 Å². The molecule has 4 rings (SSSR count). The van der Waals surface area contributed by atoms with Crippen molar-refractivity contribution < 1.29 is 18.8 Å². The summed E-state index contributed by atoms with van der Waals surface area (Å²) in [6.45, 7) is -0.259. The number of anilines is 2. The van der Waals surface area contributed by atoms with Gasteiger partial charge in [0.1, 0.15) is 12.4 Å². The number of amides is 3. The van der Waals surface area contributed by atoms with Crippen molar-refractivity contribution in [1.82, 2.24) is 5.01 Å². The fourth-order valence-electron chi connectivity index (χ4n) is 3.28. The number of carbonyl (C=O) groups is 3. The molecule has 2 heterocycles. The first-order valence-electron chi connectivity index (χ1n) is 8.83. The molecule has 30 heavy (non-hydrogen) atoms. The van der Waals surface area contributed by atoms with Gasteiger partial charge in [-0.3, -0.25) is 19.4 Å². The minimum Gasteiger partial charge on any atom is -0.324 e. The second kappa shape index (κ2) is 8.04. The van der Waals surface area contributed by atoms with Crippen LogP contribution in [0.15, 0.2) is 57.7 Å². The lowest BCUT2D eigenvalue weighted by molar-refractivity contribution is -0.123. The number of hydrogen-bond acceptors (Lipinski definition) is 7. The molecule has 0 aliphatic carbocycles. The van der Waals surface area contributed by atoms with Crippen LogP contribution in [-0.4, -0.2) is 47.6 Å². The SMILES string of the molecule is CSc1cccc(NC(=O)CN2N=N[C@@H]3C(=O)N(c4ccc(F)c(Cl)c4)C(=O)[C@@H]32)c1. The van der Waals surface area contributed by atoms with Crippen LogP contribution in [0.1, 0.15) is 0 Å². The third kappa shape index (κ3) is 3.63. The average Bonchev–Trinajstić information content (AvgIpc) is 3.24. The molecule has 0 bridgehead atoms. The predicted molar refractivity (Wildman–Crippen MR) is 110 cm³/mol. The monoisotopic (exact) mass is 447 g/mol. The number of nitrogens with zero attached hydrogens (tertiary/aromatic N) is 4. The number of carbonyl (C=O) groups excluding carboxylic acids is 3. The van der Waals surface area contributed by atoms with Crippen LogP contribution in [-0.2, 0) is 14.4 Å². The lowest BCUT2D eigenvalue weighted by atomic mass is 10.1. The van der Waals surface area contributed by atoms with Crippen LogP contribution < -0.4 is 10.2 Å². The Labute approximate surface area is 180 Å². The number of fused-ring (bicyclic) bond motifs is 1. The molecule has 1 saturated heterocycles. The van der Waals surface area contributed by atoms with E-state index in [0.717, 1.165) is 15.9 Å². The first kappa shape index (κ1) is 20.3. The summed E-state index contributed by atoms with van der Waals surface area (Å²) >= 11 is 7.31. The molecular weight excluding hydrogens is 433 g/mol. The van der Waals surface area contributed by atoms with E-state index < -0.39 is 35.6 Å². The Kier molecular flexibility index (Phi) is 5.44. The Morgan fingerprint density at radius 2 is 2.03 bits per heavy atom. The number of thioether (sulfide) groups is 1. The zero-order chi connectivity index (χ0) is 21.4. The van der Waals surface area contributed by atoms with E-state index in [2.05, 4.69) is 15.7 Å². The second-order valence-corrected chi connectivity index (χ2v) is 7.87. The molecule has 2 aromatic carbocycles. The third-order valence-corrected chi connectivity index (χ3v) is 5.69. The van der Waals surface area contributed by atoms with E-state index in [1.807, 2.05) is 24.5 Å². The van der Waals surface area contributed by atoms with E-state index in [0.29, 0.717) is 5.69 Å². The van der Waals surface area contributed by atoms with Gasteiger partial charge in [-0.1, -0.05) is 22.9 Å². The van der Waals surface area contributed by atoms with Gasteiger partial charge in [0, 0.05) is 10.6 Å². The van der Waals surface area contributed by atoms with Crippen LogP contribution in [0.3, 0.4) is 0 Å². The molecule has 0 radical (unpaired) electrons. The zero-order valence-electron chi connectivity index (χ0n) is 15.6. The summed E-state index contributed by atoms with van der Waals surface area (Å²) < 4.78 is 13.4. The molecule has 0 aromatic heterocycles.